The van der Waals surface area contributed by atoms with E-state index in [2.05, 4.69) is 5.32 Å². The number of amides is 2. The molecule has 134 valence electrons. The first-order valence-corrected chi connectivity index (χ1v) is 9.03. The maximum absolute atomic E-state index is 13.2. The van der Waals surface area contributed by atoms with E-state index in [1.165, 1.54) is 0 Å². The van der Waals surface area contributed by atoms with Crippen LogP contribution in [-0.2, 0) is 14.3 Å². The summed E-state index contributed by atoms with van der Waals surface area (Å²) >= 11 is 0. The molecule has 1 aliphatic carbocycles. The van der Waals surface area contributed by atoms with E-state index < -0.39 is 17.4 Å². The zero-order valence-corrected chi connectivity index (χ0v) is 14.0. The van der Waals surface area contributed by atoms with Crippen molar-refractivity contribution in [1.29, 1.82) is 0 Å². The Labute approximate surface area is 149 Å². The third-order valence-electron chi connectivity index (χ3n) is 5.99. The fraction of sp³-hybridized carbons (Fsp3) is 0.474. The molecule has 7 heteroatoms. The molecule has 7 nitrogen and oxygen atoms in total. The minimum absolute atomic E-state index is 0.0605. The lowest BCUT2D eigenvalue weighted by Crippen LogP contribution is -2.44. The highest BCUT2D eigenvalue weighted by atomic mass is 16.7. The quantitative estimate of drug-likeness (QED) is 0.819. The lowest BCUT2D eigenvalue weighted by molar-refractivity contribution is -0.132. The molecule has 4 heterocycles. The van der Waals surface area contributed by atoms with Crippen LogP contribution in [-0.4, -0.2) is 42.9 Å². The first-order chi connectivity index (χ1) is 12.6. The number of carbonyl (C=O) groups excluding carboxylic acids is 2. The number of fused-ring (bicyclic) bond motifs is 2. The second kappa shape index (κ2) is 4.79. The summed E-state index contributed by atoms with van der Waals surface area (Å²) in [6.45, 7) is 0.604. The number of nitrogens with zero attached hydrogens (tertiary/aromatic N) is 1. The SMILES string of the molecule is O=C(NC1CC1)[C@@H]1[C@H]2C(=O)N(c3ccc4c(c3)OCO4)C[C@@]23C=C[C@H]1O3. The Morgan fingerprint density at radius 2 is 2.08 bits per heavy atom. The molecule has 4 aliphatic heterocycles. The molecule has 4 atom stereocenters. The molecule has 1 saturated carbocycles. The second-order valence-corrected chi connectivity index (χ2v) is 7.64. The van der Waals surface area contributed by atoms with Gasteiger partial charge in [0.2, 0.25) is 18.6 Å². The van der Waals surface area contributed by atoms with Gasteiger partial charge in [0.25, 0.3) is 0 Å². The summed E-state index contributed by atoms with van der Waals surface area (Å²) in [4.78, 5) is 27.7. The highest BCUT2D eigenvalue weighted by Gasteiger charge is 2.67. The lowest BCUT2D eigenvalue weighted by atomic mass is 9.77. The summed E-state index contributed by atoms with van der Waals surface area (Å²) < 4.78 is 16.9. The molecule has 1 N–H and O–H groups in total. The van der Waals surface area contributed by atoms with Crippen LogP contribution in [0.2, 0.25) is 0 Å². The third kappa shape index (κ3) is 1.86. The number of hydrogen-bond donors (Lipinski definition) is 1. The zero-order chi connectivity index (χ0) is 17.5. The smallest absolute Gasteiger partial charge is 0.234 e. The Morgan fingerprint density at radius 3 is 2.92 bits per heavy atom. The molecule has 0 aromatic heterocycles. The van der Waals surface area contributed by atoms with Crippen molar-refractivity contribution in [2.24, 2.45) is 11.8 Å². The standard InChI is InChI=1S/C19H18N2O5/c22-17(20-10-1-2-10)15-13-5-6-19(26-13)8-21(18(23)16(15)19)11-3-4-12-14(7-11)25-9-24-12/h3-7,10,13,15-16H,1-2,8-9H2,(H,20,22)/t13-,15+,16+,19+/m1/s1. The normalized spacial score (nSPS) is 35.9. The van der Waals surface area contributed by atoms with Crippen LogP contribution in [0.1, 0.15) is 12.8 Å². The third-order valence-corrected chi connectivity index (χ3v) is 5.99. The number of benzene rings is 1. The number of anilines is 1. The fourth-order valence-corrected chi connectivity index (χ4v) is 4.59. The molecule has 6 rings (SSSR count). The minimum Gasteiger partial charge on any atom is -0.454 e. The largest absolute Gasteiger partial charge is 0.454 e. The van der Waals surface area contributed by atoms with E-state index in [-0.39, 0.29) is 30.8 Å². The molecular weight excluding hydrogens is 336 g/mol. The van der Waals surface area contributed by atoms with Crippen molar-refractivity contribution in [3.63, 3.8) is 0 Å². The highest BCUT2D eigenvalue weighted by Crippen LogP contribution is 2.53. The maximum Gasteiger partial charge on any atom is 0.234 e. The van der Waals surface area contributed by atoms with E-state index in [9.17, 15) is 9.59 Å². The van der Waals surface area contributed by atoms with Gasteiger partial charge in [-0.1, -0.05) is 12.2 Å². The first-order valence-electron chi connectivity index (χ1n) is 9.03. The molecule has 26 heavy (non-hydrogen) atoms. The zero-order valence-electron chi connectivity index (χ0n) is 14.0. The monoisotopic (exact) mass is 354 g/mol. The van der Waals surface area contributed by atoms with E-state index in [4.69, 9.17) is 14.2 Å². The van der Waals surface area contributed by atoms with Crippen LogP contribution >= 0.6 is 0 Å². The average molecular weight is 354 g/mol. The average Bonchev–Trinajstić information content (AvgIpc) is 3.02. The Bertz CT molecular complexity index is 863. The molecular formula is C19H18N2O5. The topological polar surface area (TPSA) is 77.1 Å². The molecule has 2 amide bonds. The molecule has 0 unspecified atom stereocenters. The van der Waals surface area contributed by atoms with E-state index in [1.807, 2.05) is 30.4 Å². The summed E-state index contributed by atoms with van der Waals surface area (Å²) in [6, 6.07) is 5.73. The lowest BCUT2D eigenvalue weighted by Gasteiger charge is -2.23. The summed E-state index contributed by atoms with van der Waals surface area (Å²) in [5.74, 6) is 0.265. The van der Waals surface area contributed by atoms with Crippen molar-refractivity contribution in [2.75, 3.05) is 18.2 Å². The van der Waals surface area contributed by atoms with Gasteiger partial charge in [-0.25, -0.2) is 0 Å². The number of rotatable bonds is 3. The Hall–Kier alpha value is -2.54. The minimum atomic E-state index is -0.705. The maximum atomic E-state index is 13.2. The Balaban J connectivity index is 1.33. The van der Waals surface area contributed by atoms with Crippen LogP contribution < -0.4 is 19.7 Å². The van der Waals surface area contributed by atoms with Crippen LogP contribution in [0.15, 0.2) is 30.4 Å². The van der Waals surface area contributed by atoms with Crippen molar-refractivity contribution in [3.05, 3.63) is 30.4 Å². The van der Waals surface area contributed by atoms with Gasteiger partial charge >= 0.3 is 0 Å². The summed E-state index contributed by atoms with van der Waals surface area (Å²) in [7, 11) is 0. The summed E-state index contributed by atoms with van der Waals surface area (Å²) in [6.07, 6.45) is 5.64. The van der Waals surface area contributed by atoms with Gasteiger partial charge in [0.15, 0.2) is 11.5 Å². The van der Waals surface area contributed by atoms with Gasteiger partial charge in [-0.15, -0.1) is 0 Å². The van der Waals surface area contributed by atoms with Crippen LogP contribution in [0.25, 0.3) is 0 Å². The van der Waals surface area contributed by atoms with Crippen molar-refractivity contribution < 1.29 is 23.8 Å². The predicted molar refractivity (Wildman–Crippen MR) is 89.8 cm³/mol. The van der Waals surface area contributed by atoms with Gasteiger partial charge in [-0.3, -0.25) is 9.59 Å². The van der Waals surface area contributed by atoms with Gasteiger partial charge < -0.3 is 24.4 Å². The number of nitrogens with one attached hydrogen (secondary N) is 1. The fourth-order valence-electron chi connectivity index (χ4n) is 4.59. The van der Waals surface area contributed by atoms with Crippen molar-refractivity contribution in [2.45, 2.75) is 30.6 Å². The van der Waals surface area contributed by atoms with Crippen LogP contribution in [0, 0.1) is 11.8 Å². The van der Waals surface area contributed by atoms with Crippen LogP contribution in [0.5, 0.6) is 11.5 Å². The molecule has 1 aromatic rings. The summed E-state index contributed by atoms with van der Waals surface area (Å²) in [5.41, 5.74) is 0.0359. The van der Waals surface area contributed by atoms with Crippen molar-refractivity contribution in [1.82, 2.24) is 5.32 Å². The number of carbonyl (C=O) groups is 2. The predicted octanol–water partition coefficient (Wildman–Crippen LogP) is 0.980. The van der Waals surface area contributed by atoms with E-state index in [0.717, 1.165) is 18.5 Å². The van der Waals surface area contributed by atoms with Gasteiger partial charge in [-0.2, -0.15) is 0 Å². The molecule has 1 aromatic carbocycles. The van der Waals surface area contributed by atoms with Gasteiger partial charge in [0, 0.05) is 17.8 Å². The Morgan fingerprint density at radius 1 is 1.23 bits per heavy atom. The number of ether oxygens (including phenoxy) is 3. The van der Waals surface area contributed by atoms with Crippen LogP contribution in [0.4, 0.5) is 5.69 Å². The molecule has 0 radical (unpaired) electrons. The van der Waals surface area contributed by atoms with Crippen molar-refractivity contribution >= 4 is 17.5 Å². The van der Waals surface area contributed by atoms with Gasteiger partial charge in [0.05, 0.1) is 24.5 Å². The van der Waals surface area contributed by atoms with Gasteiger partial charge in [0.1, 0.15) is 5.60 Å². The molecule has 5 aliphatic rings. The van der Waals surface area contributed by atoms with E-state index >= 15 is 0 Å². The Kier molecular flexibility index (Phi) is 2.69. The second-order valence-electron chi connectivity index (χ2n) is 7.64. The first kappa shape index (κ1) is 14.6. The number of hydrogen-bond acceptors (Lipinski definition) is 5. The molecule has 1 spiro atoms. The molecule has 3 fully saturated rings. The molecule has 2 bridgehead atoms. The van der Waals surface area contributed by atoms with E-state index in [1.54, 1.807) is 4.90 Å². The molecule has 2 saturated heterocycles. The van der Waals surface area contributed by atoms with Gasteiger partial charge in [-0.05, 0) is 25.0 Å². The van der Waals surface area contributed by atoms with Crippen molar-refractivity contribution in [3.8, 4) is 11.5 Å². The summed E-state index contributed by atoms with van der Waals surface area (Å²) in [5, 5.41) is 3.04. The van der Waals surface area contributed by atoms with E-state index in [0.29, 0.717) is 18.0 Å². The highest BCUT2D eigenvalue weighted by molar-refractivity contribution is 6.03. The van der Waals surface area contributed by atoms with Crippen LogP contribution in [0.3, 0.4) is 0 Å².